The number of aliphatic hydroxyl groups is 2. The summed E-state index contributed by atoms with van der Waals surface area (Å²) in [6.07, 6.45) is -4.31. The number of rotatable bonds is 8. The highest BCUT2D eigenvalue weighted by Crippen LogP contribution is 2.48. The van der Waals surface area contributed by atoms with Crippen LogP contribution >= 0.6 is 0 Å². The van der Waals surface area contributed by atoms with Crippen molar-refractivity contribution in [1.29, 1.82) is 0 Å². The smallest absolute Gasteiger partial charge is 0.306 e. The van der Waals surface area contributed by atoms with Crippen LogP contribution in [0.3, 0.4) is 0 Å². The van der Waals surface area contributed by atoms with Gasteiger partial charge in [0.1, 0.15) is 18.8 Å². The van der Waals surface area contributed by atoms with Gasteiger partial charge in [-0.05, 0) is 5.56 Å². The molecule has 10 heteroatoms. The summed E-state index contributed by atoms with van der Waals surface area (Å²) in [6.45, 7) is 0.147. The van der Waals surface area contributed by atoms with Gasteiger partial charge < -0.3 is 25.0 Å². The molecule has 166 valence electrons. The van der Waals surface area contributed by atoms with Crippen molar-refractivity contribution >= 4 is 23.7 Å². The van der Waals surface area contributed by atoms with Crippen molar-refractivity contribution in [3.05, 3.63) is 35.9 Å². The first-order chi connectivity index (χ1) is 14.9. The predicted octanol–water partition coefficient (Wildman–Crippen LogP) is -1.27. The third-order valence-corrected chi connectivity index (χ3v) is 5.99. The molecule has 2 bridgehead atoms. The molecule has 3 saturated heterocycles. The largest absolute Gasteiger partial charge is 0.461 e. The Morgan fingerprint density at radius 1 is 1.00 bits per heavy atom. The van der Waals surface area contributed by atoms with Gasteiger partial charge in [0.15, 0.2) is 0 Å². The summed E-state index contributed by atoms with van der Waals surface area (Å²) < 4.78 is 10.5. The highest BCUT2D eigenvalue weighted by molar-refractivity contribution is 6.06. The van der Waals surface area contributed by atoms with Crippen molar-refractivity contribution in [2.24, 2.45) is 11.8 Å². The Labute approximate surface area is 178 Å². The van der Waals surface area contributed by atoms with Gasteiger partial charge in [0, 0.05) is 19.5 Å². The zero-order valence-corrected chi connectivity index (χ0v) is 16.7. The second-order valence-electron chi connectivity index (χ2n) is 7.92. The highest BCUT2D eigenvalue weighted by atomic mass is 16.6. The number of benzene rings is 1. The molecule has 0 saturated carbocycles. The molecule has 3 aliphatic rings. The van der Waals surface area contributed by atoms with E-state index in [2.05, 4.69) is 5.32 Å². The molecule has 31 heavy (non-hydrogen) atoms. The maximum atomic E-state index is 12.6. The van der Waals surface area contributed by atoms with Gasteiger partial charge in [-0.2, -0.15) is 0 Å². The molecule has 3 amide bonds. The Balaban J connectivity index is 1.18. The van der Waals surface area contributed by atoms with Gasteiger partial charge in [-0.25, -0.2) is 0 Å². The van der Waals surface area contributed by atoms with Crippen LogP contribution in [0.1, 0.15) is 18.4 Å². The van der Waals surface area contributed by atoms with Gasteiger partial charge >= 0.3 is 5.97 Å². The number of amides is 3. The third kappa shape index (κ3) is 4.06. The van der Waals surface area contributed by atoms with Crippen molar-refractivity contribution in [2.75, 3.05) is 13.1 Å². The van der Waals surface area contributed by atoms with Crippen LogP contribution < -0.4 is 5.32 Å². The number of nitrogens with one attached hydrogen (secondary N) is 1. The molecule has 0 spiro atoms. The van der Waals surface area contributed by atoms with E-state index in [0.717, 1.165) is 10.5 Å². The zero-order chi connectivity index (χ0) is 22.1. The zero-order valence-electron chi connectivity index (χ0n) is 16.7. The summed E-state index contributed by atoms with van der Waals surface area (Å²) in [7, 11) is 0. The molecule has 10 nitrogen and oxygen atoms in total. The Morgan fingerprint density at radius 2 is 1.61 bits per heavy atom. The maximum absolute atomic E-state index is 12.6. The minimum absolute atomic E-state index is 0.0273. The van der Waals surface area contributed by atoms with Crippen LogP contribution in [-0.2, 0) is 35.3 Å². The fourth-order valence-corrected chi connectivity index (χ4v) is 4.43. The molecule has 3 heterocycles. The van der Waals surface area contributed by atoms with Crippen LogP contribution in [-0.4, -0.2) is 76.3 Å². The predicted molar refractivity (Wildman–Crippen MR) is 103 cm³/mol. The van der Waals surface area contributed by atoms with E-state index in [4.69, 9.17) is 9.47 Å². The molecular formula is C21H24N2O8. The Bertz CT molecular complexity index is 843. The second kappa shape index (κ2) is 8.74. The first-order valence-electron chi connectivity index (χ1n) is 10.2. The summed E-state index contributed by atoms with van der Waals surface area (Å²) >= 11 is 0. The molecule has 0 radical (unpaired) electrons. The van der Waals surface area contributed by atoms with E-state index < -0.39 is 59.9 Å². The minimum Gasteiger partial charge on any atom is -0.461 e. The summed E-state index contributed by atoms with van der Waals surface area (Å²) in [4.78, 5) is 49.9. The molecular weight excluding hydrogens is 408 g/mol. The lowest BCUT2D eigenvalue weighted by atomic mass is 9.78. The molecule has 3 N–H and O–H groups in total. The van der Waals surface area contributed by atoms with Crippen LogP contribution in [0.2, 0.25) is 0 Å². The van der Waals surface area contributed by atoms with Gasteiger partial charge in [0.25, 0.3) is 0 Å². The number of likely N-dealkylation sites (tertiary alicyclic amines) is 1. The highest BCUT2D eigenvalue weighted by Gasteiger charge is 2.68. The molecule has 0 aliphatic carbocycles. The van der Waals surface area contributed by atoms with E-state index in [-0.39, 0.29) is 32.5 Å². The van der Waals surface area contributed by atoms with Gasteiger partial charge in [-0.3, -0.25) is 24.1 Å². The van der Waals surface area contributed by atoms with Crippen molar-refractivity contribution in [1.82, 2.24) is 10.2 Å². The van der Waals surface area contributed by atoms with Crippen molar-refractivity contribution in [2.45, 2.75) is 43.9 Å². The molecule has 3 fully saturated rings. The number of nitrogens with zero attached hydrogens (tertiary/aromatic N) is 1. The lowest BCUT2D eigenvalue weighted by Gasteiger charge is -2.25. The van der Waals surface area contributed by atoms with Crippen molar-refractivity contribution in [3.8, 4) is 0 Å². The standard InChI is InChI=1S/C21H24N2O8/c24-12(6-7-13(25)30-10-11-4-2-1-3-5-11)22-8-9-23-20(28)14-15(21(23)29)19-17(27)16(26)18(14)31-19/h1-5,14-19,26-27H,6-10H2,(H,22,24). The van der Waals surface area contributed by atoms with Gasteiger partial charge in [0.2, 0.25) is 17.7 Å². The van der Waals surface area contributed by atoms with E-state index in [9.17, 15) is 29.4 Å². The number of ether oxygens (including phenoxy) is 2. The Hall–Kier alpha value is -2.82. The average molecular weight is 432 g/mol. The third-order valence-electron chi connectivity index (χ3n) is 5.99. The van der Waals surface area contributed by atoms with Gasteiger partial charge in [0.05, 0.1) is 30.5 Å². The molecule has 1 aromatic carbocycles. The van der Waals surface area contributed by atoms with E-state index in [1.807, 2.05) is 30.3 Å². The van der Waals surface area contributed by atoms with Crippen LogP contribution in [0.25, 0.3) is 0 Å². The average Bonchev–Trinajstić information content (AvgIpc) is 3.37. The van der Waals surface area contributed by atoms with E-state index >= 15 is 0 Å². The van der Waals surface area contributed by atoms with Crippen molar-refractivity contribution < 1.29 is 38.9 Å². The normalized spacial score (nSPS) is 31.1. The van der Waals surface area contributed by atoms with Crippen LogP contribution in [0.5, 0.6) is 0 Å². The monoisotopic (exact) mass is 432 g/mol. The molecule has 6 unspecified atom stereocenters. The number of aliphatic hydroxyl groups excluding tert-OH is 2. The molecule has 1 aromatic rings. The molecule has 6 atom stereocenters. The number of fused-ring (bicyclic) bond motifs is 5. The lowest BCUT2D eigenvalue weighted by molar-refractivity contribution is -0.146. The summed E-state index contributed by atoms with van der Waals surface area (Å²) in [5, 5.41) is 22.4. The van der Waals surface area contributed by atoms with Gasteiger partial charge in [-0.1, -0.05) is 30.3 Å². The van der Waals surface area contributed by atoms with Crippen LogP contribution in [0.4, 0.5) is 0 Å². The number of imide groups is 1. The number of carbonyl (C=O) groups excluding carboxylic acids is 4. The first-order valence-corrected chi connectivity index (χ1v) is 10.2. The van der Waals surface area contributed by atoms with Crippen LogP contribution in [0, 0.1) is 11.8 Å². The second-order valence-corrected chi connectivity index (χ2v) is 7.92. The number of hydrogen-bond acceptors (Lipinski definition) is 8. The van der Waals surface area contributed by atoms with Crippen molar-refractivity contribution in [3.63, 3.8) is 0 Å². The fraction of sp³-hybridized carbons (Fsp3) is 0.524. The van der Waals surface area contributed by atoms with E-state index in [1.165, 1.54) is 0 Å². The minimum atomic E-state index is -1.19. The number of carbonyl (C=O) groups is 4. The SMILES string of the molecule is O=C(CCC(=O)OCc1ccccc1)NCCN1C(=O)C2C3OC(C(O)C3O)C2C1=O. The summed E-state index contributed by atoms with van der Waals surface area (Å²) in [5.74, 6) is -3.43. The number of hydrogen-bond donors (Lipinski definition) is 3. The van der Waals surface area contributed by atoms with Crippen LogP contribution in [0.15, 0.2) is 30.3 Å². The fourth-order valence-electron chi connectivity index (χ4n) is 4.43. The van der Waals surface area contributed by atoms with E-state index in [1.54, 1.807) is 0 Å². The summed E-state index contributed by atoms with van der Waals surface area (Å²) in [5.41, 5.74) is 0.851. The van der Waals surface area contributed by atoms with E-state index in [0.29, 0.717) is 0 Å². The molecule has 4 rings (SSSR count). The maximum Gasteiger partial charge on any atom is 0.306 e. The summed E-state index contributed by atoms with van der Waals surface area (Å²) in [6, 6.07) is 9.18. The number of esters is 1. The Morgan fingerprint density at radius 3 is 2.23 bits per heavy atom. The molecule has 0 aromatic heterocycles. The first kappa shape index (κ1) is 21.4. The Kier molecular flexibility index (Phi) is 6.03. The quantitative estimate of drug-likeness (QED) is 0.341. The lowest BCUT2D eigenvalue weighted by Crippen LogP contribution is -2.47. The molecule has 3 aliphatic heterocycles. The topological polar surface area (TPSA) is 142 Å². The van der Waals surface area contributed by atoms with Gasteiger partial charge in [-0.15, -0.1) is 0 Å².